The molecule has 0 unspecified atom stereocenters. The summed E-state index contributed by atoms with van der Waals surface area (Å²) in [5.74, 6) is 0.968. The van der Waals surface area contributed by atoms with E-state index in [1.165, 1.54) is 18.2 Å². The first kappa shape index (κ1) is 14.2. The van der Waals surface area contributed by atoms with Crippen molar-refractivity contribution >= 4 is 27.9 Å². The van der Waals surface area contributed by atoms with Gasteiger partial charge in [-0.3, -0.25) is 14.9 Å². The largest absolute Gasteiger partial charge is 0.457 e. The third kappa shape index (κ3) is 3.03. The predicted octanol–water partition coefficient (Wildman–Crippen LogP) is 4.27. The Balaban J connectivity index is 2.32. The molecule has 2 aromatic rings. The van der Waals surface area contributed by atoms with E-state index in [2.05, 4.69) is 15.9 Å². The predicted molar refractivity (Wildman–Crippen MR) is 77.4 cm³/mol. The number of ether oxygens (including phenoxy) is 1. The van der Waals surface area contributed by atoms with Crippen LogP contribution in [-0.2, 0) is 0 Å². The van der Waals surface area contributed by atoms with Gasteiger partial charge < -0.3 is 4.74 Å². The Bertz CT molecular complexity index is 685. The average Bonchev–Trinajstić information content (AvgIpc) is 2.42. The molecule has 0 amide bonds. The van der Waals surface area contributed by atoms with Crippen molar-refractivity contribution in [3.63, 3.8) is 0 Å². The number of carbonyl (C=O) groups is 1. The van der Waals surface area contributed by atoms with Crippen molar-refractivity contribution in [3.8, 4) is 11.5 Å². The number of aldehydes is 1. The van der Waals surface area contributed by atoms with Crippen molar-refractivity contribution in [2.24, 2.45) is 0 Å². The summed E-state index contributed by atoms with van der Waals surface area (Å²) in [6.45, 7) is 1.92. The van der Waals surface area contributed by atoms with Gasteiger partial charge in [0.15, 0.2) is 6.29 Å². The van der Waals surface area contributed by atoms with E-state index in [4.69, 9.17) is 4.74 Å². The Labute approximate surface area is 123 Å². The maximum Gasteiger partial charge on any atom is 0.280 e. The Morgan fingerprint density at radius 2 is 1.85 bits per heavy atom. The van der Waals surface area contributed by atoms with E-state index in [1.54, 1.807) is 6.07 Å². The molecule has 0 spiro atoms. The number of nitro groups is 1. The molecule has 0 aromatic heterocycles. The highest BCUT2D eigenvalue weighted by atomic mass is 79.9. The van der Waals surface area contributed by atoms with Crippen LogP contribution in [0.1, 0.15) is 15.9 Å². The summed E-state index contributed by atoms with van der Waals surface area (Å²) in [7, 11) is 0. The summed E-state index contributed by atoms with van der Waals surface area (Å²) >= 11 is 3.39. The monoisotopic (exact) mass is 335 g/mol. The second-order valence-electron chi connectivity index (χ2n) is 4.11. The first-order valence-corrected chi connectivity index (χ1v) is 6.48. The highest BCUT2D eigenvalue weighted by Crippen LogP contribution is 2.29. The van der Waals surface area contributed by atoms with E-state index in [0.717, 1.165) is 10.0 Å². The Hall–Kier alpha value is -2.21. The molecule has 0 aliphatic rings. The quantitative estimate of drug-likeness (QED) is 0.475. The number of aryl methyl sites for hydroxylation is 1. The number of nitro benzene ring substituents is 1. The van der Waals surface area contributed by atoms with Gasteiger partial charge in [-0.15, -0.1) is 0 Å². The fourth-order valence-corrected chi connectivity index (χ4v) is 1.92. The van der Waals surface area contributed by atoms with Crippen LogP contribution in [0.5, 0.6) is 11.5 Å². The smallest absolute Gasteiger partial charge is 0.280 e. The molecule has 0 saturated heterocycles. The molecule has 0 aliphatic heterocycles. The zero-order valence-corrected chi connectivity index (χ0v) is 12.1. The molecule has 0 N–H and O–H groups in total. The van der Waals surface area contributed by atoms with Gasteiger partial charge in [0, 0.05) is 10.5 Å². The van der Waals surface area contributed by atoms with Crippen molar-refractivity contribution in [1.29, 1.82) is 0 Å². The normalized spacial score (nSPS) is 10.1. The summed E-state index contributed by atoms with van der Waals surface area (Å²) in [5.41, 5.74) is 0.751. The minimum Gasteiger partial charge on any atom is -0.457 e. The lowest BCUT2D eigenvalue weighted by Crippen LogP contribution is -1.95. The third-order valence-electron chi connectivity index (χ3n) is 2.69. The van der Waals surface area contributed by atoms with Gasteiger partial charge in [0.25, 0.3) is 5.69 Å². The van der Waals surface area contributed by atoms with Gasteiger partial charge in [-0.25, -0.2) is 0 Å². The summed E-state index contributed by atoms with van der Waals surface area (Å²) in [6.07, 6.45) is 0.442. The maximum absolute atomic E-state index is 10.9. The van der Waals surface area contributed by atoms with Gasteiger partial charge in [-0.1, -0.05) is 15.9 Å². The van der Waals surface area contributed by atoms with Crippen LogP contribution in [0.2, 0.25) is 0 Å². The van der Waals surface area contributed by atoms with E-state index in [-0.39, 0.29) is 11.3 Å². The Morgan fingerprint density at radius 3 is 2.45 bits per heavy atom. The van der Waals surface area contributed by atoms with Crippen LogP contribution in [-0.4, -0.2) is 11.2 Å². The van der Waals surface area contributed by atoms with Gasteiger partial charge in [-0.2, -0.15) is 0 Å². The fourth-order valence-electron chi connectivity index (χ4n) is 1.67. The second-order valence-corrected chi connectivity index (χ2v) is 4.96. The van der Waals surface area contributed by atoms with Crippen molar-refractivity contribution in [1.82, 2.24) is 0 Å². The molecule has 102 valence electrons. The van der Waals surface area contributed by atoms with Gasteiger partial charge in [0.05, 0.1) is 10.5 Å². The van der Waals surface area contributed by atoms with E-state index in [9.17, 15) is 14.9 Å². The van der Waals surface area contributed by atoms with E-state index < -0.39 is 4.92 Å². The first-order chi connectivity index (χ1) is 9.51. The Kier molecular flexibility index (Phi) is 4.14. The molecule has 0 aliphatic carbocycles. The molecule has 2 aromatic carbocycles. The third-order valence-corrected chi connectivity index (χ3v) is 3.58. The van der Waals surface area contributed by atoms with E-state index >= 15 is 0 Å². The average molecular weight is 336 g/mol. The summed E-state index contributed by atoms with van der Waals surface area (Å²) < 4.78 is 6.55. The minimum absolute atomic E-state index is 0.0127. The number of hydrogen-bond donors (Lipinski definition) is 0. The molecule has 0 radical (unpaired) electrons. The highest BCUT2D eigenvalue weighted by Gasteiger charge is 2.14. The van der Waals surface area contributed by atoms with Gasteiger partial charge in [-0.05, 0) is 42.8 Å². The van der Waals surface area contributed by atoms with Crippen LogP contribution in [0, 0.1) is 17.0 Å². The summed E-state index contributed by atoms with van der Waals surface area (Å²) in [6, 6.07) is 9.50. The molecular weight excluding hydrogens is 326 g/mol. The zero-order chi connectivity index (χ0) is 14.7. The summed E-state index contributed by atoms with van der Waals surface area (Å²) in [5, 5.41) is 10.7. The standard InChI is InChI=1S/C14H10BrNO4/c1-9-6-11(2-4-13(9)15)20-12-3-5-14(16(18)19)10(7-12)8-17/h2-8H,1H3. The summed E-state index contributed by atoms with van der Waals surface area (Å²) in [4.78, 5) is 21.0. The van der Waals surface area contributed by atoms with Gasteiger partial charge >= 0.3 is 0 Å². The maximum atomic E-state index is 10.9. The second kappa shape index (κ2) is 5.83. The number of hydrogen-bond acceptors (Lipinski definition) is 4. The van der Waals surface area contributed by atoms with Crippen LogP contribution in [0.4, 0.5) is 5.69 Å². The molecule has 20 heavy (non-hydrogen) atoms. The number of benzene rings is 2. The van der Waals surface area contributed by atoms with Crippen molar-refractivity contribution in [2.75, 3.05) is 0 Å². The van der Waals surface area contributed by atoms with Crippen molar-refractivity contribution in [2.45, 2.75) is 6.92 Å². The molecular formula is C14H10BrNO4. The van der Waals surface area contributed by atoms with Crippen LogP contribution in [0.3, 0.4) is 0 Å². The number of halogens is 1. The molecule has 5 nitrogen and oxygen atoms in total. The lowest BCUT2D eigenvalue weighted by molar-refractivity contribution is -0.385. The molecule has 6 heteroatoms. The number of carbonyl (C=O) groups excluding carboxylic acids is 1. The minimum atomic E-state index is -0.600. The molecule has 2 rings (SSSR count). The van der Waals surface area contributed by atoms with Crippen molar-refractivity contribution in [3.05, 3.63) is 62.1 Å². The molecule has 0 bridgehead atoms. The fraction of sp³-hybridized carbons (Fsp3) is 0.0714. The SMILES string of the molecule is Cc1cc(Oc2ccc([N+](=O)[O-])c(C=O)c2)ccc1Br. The Morgan fingerprint density at radius 1 is 1.20 bits per heavy atom. The van der Waals surface area contributed by atoms with Crippen LogP contribution >= 0.6 is 15.9 Å². The van der Waals surface area contributed by atoms with Crippen molar-refractivity contribution < 1.29 is 14.5 Å². The van der Waals surface area contributed by atoms with Gasteiger partial charge in [0.1, 0.15) is 11.5 Å². The lowest BCUT2D eigenvalue weighted by Gasteiger charge is -2.08. The van der Waals surface area contributed by atoms with Gasteiger partial charge in [0.2, 0.25) is 0 Å². The molecule has 0 fully saturated rings. The lowest BCUT2D eigenvalue weighted by atomic mass is 10.2. The molecule has 0 heterocycles. The number of rotatable bonds is 4. The topological polar surface area (TPSA) is 69.4 Å². The zero-order valence-electron chi connectivity index (χ0n) is 10.5. The molecule has 0 atom stereocenters. The van der Waals surface area contributed by atoms with Crippen LogP contribution in [0.25, 0.3) is 0 Å². The van der Waals surface area contributed by atoms with E-state index in [0.29, 0.717) is 17.8 Å². The van der Waals surface area contributed by atoms with E-state index in [1.807, 2.05) is 19.1 Å². The highest BCUT2D eigenvalue weighted by molar-refractivity contribution is 9.10. The van der Waals surface area contributed by atoms with Crippen LogP contribution < -0.4 is 4.74 Å². The molecule has 0 saturated carbocycles. The first-order valence-electron chi connectivity index (χ1n) is 5.69. The van der Waals surface area contributed by atoms with Crippen LogP contribution in [0.15, 0.2) is 40.9 Å². The number of nitrogens with zero attached hydrogens (tertiary/aromatic N) is 1.